The van der Waals surface area contributed by atoms with E-state index in [4.69, 9.17) is 9.15 Å². The van der Waals surface area contributed by atoms with Gasteiger partial charge in [-0.05, 0) is 42.5 Å². The molecule has 4 nitrogen and oxygen atoms in total. The summed E-state index contributed by atoms with van der Waals surface area (Å²) in [5.41, 5.74) is 2.84. The van der Waals surface area contributed by atoms with Crippen LogP contribution in [0, 0.1) is 12.7 Å². The molecule has 0 saturated heterocycles. The van der Waals surface area contributed by atoms with Gasteiger partial charge in [-0.25, -0.2) is 9.18 Å². The normalized spacial score (nSPS) is 14.1. The first-order valence-electron chi connectivity index (χ1n) is 9.68. The van der Waals surface area contributed by atoms with E-state index in [1.165, 1.54) is 6.07 Å². The van der Waals surface area contributed by atoms with E-state index in [-0.39, 0.29) is 11.4 Å². The second-order valence-electron chi connectivity index (χ2n) is 7.47. The molecular formula is C24H20FNO3. The highest BCUT2D eigenvalue weighted by molar-refractivity contribution is 6.06. The van der Waals surface area contributed by atoms with Crippen molar-refractivity contribution in [3.05, 3.63) is 87.5 Å². The molecule has 5 rings (SSSR count). The maximum Gasteiger partial charge on any atom is 0.344 e. The molecule has 1 aromatic heterocycles. The van der Waals surface area contributed by atoms with Crippen LogP contribution in [0.3, 0.4) is 0 Å². The van der Waals surface area contributed by atoms with Gasteiger partial charge in [-0.1, -0.05) is 36.4 Å². The third-order valence-corrected chi connectivity index (χ3v) is 5.61. The lowest BCUT2D eigenvalue weighted by atomic mass is 10.00. The Balaban J connectivity index is 1.51. The zero-order valence-corrected chi connectivity index (χ0v) is 16.1. The van der Waals surface area contributed by atoms with E-state index in [0.29, 0.717) is 42.8 Å². The molecule has 0 amide bonds. The molecule has 0 atom stereocenters. The van der Waals surface area contributed by atoms with Crippen LogP contribution in [0.4, 0.5) is 4.39 Å². The Morgan fingerprint density at radius 2 is 1.79 bits per heavy atom. The monoisotopic (exact) mass is 389 g/mol. The van der Waals surface area contributed by atoms with Gasteiger partial charge in [0.05, 0.1) is 5.39 Å². The molecule has 3 aromatic carbocycles. The molecule has 0 bridgehead atoms. The topological polar surface area (TPSA) is 42.7 Å². The van der Waals surface area contributed by atoms with Crippen LogP contribution in [0.2, 0.25) is 0 Å². The van der Waals surface area contributed by atoms with Gasteiger partial charge in [0.25, 0.3) is 0 Å². The summed E-state index contributed by atoms with van der Waals surface area (Å²) < 4.78 is 25.5. The Hall–Kier alpha value is -3.18. The van der Waals surface area contributed by atoms with E-state index in [1.54, 1.807) is 12.1 Å². The first-order chi connectivity index (χ1) is 14.1. The second-order valence-corrected chi connectivity index (χ2v) is 7.47. The van der Waals surface area contributed by atoms with Gasteiger partial charge in [0.1, 0.15) is 23.9 Å². The number of hydrogen-bond donors (Lipinski definition) is 0. The highest BCUT2D eigenvalue weighted by Gasteiger charge is 2.23. The average molecular weight is 389 g/mol. The SMILES string of the molecule is Cc1c2c(cc3c1oc(=O)c1ccccc13)CN(CCc1ccccc1F)CO2. The fourth-order valence-corrected chi connectivity index (χ4v) is 4.11. The van der Waals surface area contributed by atoms with Crippen molar-refractivity contribution in [1.82, 2.24) is 4.90 Å². The van der Waals surface area contributed by atoms with E-state index in [9.17, 15) is 9.18 Å². The quantitative estimate of drug-likeness (QED) is 0.373. The molecule has 0 N–H and O–H groups in total. The number of nitrogens with zero attached hydrogens (tertiary/aromatic N) is 1. The van der Waals surface area contributed by atoms with Gasteiger partial charge in [0, 0.05) is 29.6 Å². The zero-order chi connectivity index (χ0) is 20.0. The number of ether oxygens (including phenoxy) is 1. The predicted molar refractivity (Wildman–Crippen MR) is 111 cm³/mol. The number of fused-ring (bicyclic) bond motifs is 4. The Kier molecular flexibility index (Phi) is 4.32. The summed E-state index contributed by atoms with van der Waals surface area (Å²) in [6, 6.07) is 16.4. The molecule has 146 valence electrons. The van der Waals surface area contributed by atoms with Crippen molar-refractivity contribution >= 4 is 21.7 Å². The van der Waals surface area contributed by atoms with Crippen LogP contribution in [0.25, 0.3) is 21.7 Å². The first kappa shape index (κ1) is 17.9. The third-order valence-electron chi connectivity index (χ3n) is 5.61. The maximum absolute atomic E-state index is 13.9. The molecular weight excluding hydrogens is 369 g/mol. The Morgan fingerprint density at radius 1 is 1.03 bits per heavy atom. The highest BCUT2D eigenvalue weighted by atomic mass is 19.1. The van der Waals surface area contributed by atoms with Gasteiger partial charge < -0.3 is 9.15 Å². The summed E-state index contributed by atoms with van der Waals surface area (Å²) in [5, 5.41) is 2.37. The molecule has 0 spiro atoms. The molecule has 0 saturated carbocycles. The van der Waals surface area contributed by atoms with E-state index >= 15 is 0 Å². The average Bonchev–Trinajstić information content (AvgIpc) is 2.74. The van der Waals surface area contributed by atoms with E-state index in [0.717, 1.165) is 27.6 Å². The fourth-order valence-electron chi connectivity index (χ4n) is 4.11. The van der Waals surface area contributed by atoms with E-state index < -0.39 is 0 Å². The molecule has 29 heavy (non-hydrogen) atoms. The van der Waals surface area contributed by atoms with Crippen molar-refractivity contribution in [2.24, 2.45) is 0 Å². The summed E-state index contributed by atoms with van der Waals surface area (Å²) in [7, 11) is 0. The maximum atomic E-state index is 13.9. The number of benzene rings is 3. The van der Waals surface area contributed by atoms with Crippen molar-refractivity contribution < 1.29 is 13.5 Å². The van der Waals surface area contributed by atoms with Crippen LogP contribution in [-0.2, 0) is 13.0 Å². The largest absolute Gasteiger partial charge is 0.477 e. The predicted octanol–water partition coefficient (Wildman–Crippen LogP) is 4.79. The molecule has 0 fully saturated rings. The van der Waals surface area contributed by atoms with Crippen LogP contribution in [0.5, 0.6) is 5.75 Å². The summed E-state index contributed by atoms with van der Waals surface area (Å²) in [6.07, 6.45) is 0.621. The Labute approximate surface area is 167 Å². The van der Waals surface area contributed by atoms with Crippen LogP contribution >= 0.6 is 0 Å². The van der Waals surface area contributed by atoms with Gasteiger partial charge in [-0.15, -0.1) is 0 Å². The fraction of sp³-hybridized carbons (Fsp3) is 0.208. The van der Waals surface area contributed by atoms with E-state index in [2.05, 4.69) is 11.0 Å². The number of aryl methyl sites for hydroxylation is 1. The van der Waals surface area contributed by atoms with Gasteiger partial charge in [-0.2, -0.15) is 0 Å². The van der Waals surface area contributed by atoms with Crippen molar-refractivity contribution in [3.63, 3.8) is 0 Å². The minimum atomic E-state index is -0.335. The zero-order valence-electron chi connectivity index (χ0n) is 16.1. The number of rotatable bonds is 3. The lowest BCUT2D eigenvalue weighted by molar-refractivity contribution is 0.0957. The summed E-state index contributed by atoms with van der Waals surface area (Å²) in [4.78, 5) is 14.5. The van der Waals surface area contributed by atoms with Crippen molar-refractivity contribution in [3.8, 4) is 5.75 Å². The molecule has 0 unspecified atom stereocenters. The smallest absolute Gasteiger partial charge is 0.344 e. The summed E-state index contributed by atoms with van der Waals surface area (Å²) >= 11 is 0. The van der Waals surface area contributed by atoms with Crippen LogP contribution < -0.4 is 10.4 Å². The number of halogens is 1. The van der Waals surface area contributed by atoms with Crippen LogP contribution in [-0.4, -0.2) is 18.2 Å². The summed E-state index contributed by atoms with van der Waals surface area (Å²) in [5.74, 6) is 0.604. The lowest BCUT2D eigenvalue weighted by Gasteiger charge is -2.30. The van der Waals surface area contributed by atoms with Crippen LogP contribution in [0.15, 0.2) is 63.8 Å². The standard InChI is InChI=1S/C24H20FNO3/c1-15-22-17(12-20-18-7-3-4-8-19(18)24(27)29-23(15)20)13-26(14-28-22)11-10-16-6-2-5-9-21(16)25/h2-9,12H,10-11,13-14H2,1H3. The Bertz CT molecular complexity index is 1290. The Morgan fingerprint density at radius 3 is 2.62 bits per heavy atom. The summed E-state index contributed by atoms with van der Waals surface area (Å²) in [6.45, 7) is 3.75. The molecule has 1 aliphatic rings. The van der Waals surface area contributed by atoms with Crippen molar-refractivity contribution in [2.45, 2.75) is 19.9 Å². The highest BCUT2D eigenvalue weighted by Crippen LogP contribution is 2.36. The van der Waals surface area contributed by atoms with Crippen molar-refractivity contribution in [1.29, 1.82) is 0 Å². The molecule has 0 aliphatic carbocycles. The van der Waals surface area contributed by atoms with Gasteiger partial charge in [0.15, 0.2) is 0 Å². The van der Waals surface area contributed by atoms with Gasteiger partial charge in [-0.3, -0.25) is 4.90 Å². The van der Waals surface area contributed by atoms with E-state index in [1.807, 2.05) is 37.3 Å². The lowest BCUT2D eigenvalue weighted by Crippen LogP contribution is -2.34. The first-order valence-corrected chi connectivity index (χ1v) is 9.68. The molecule has 4 aromatic rings. The van der Waals surface area contributed by atoms with Crippen molar-refractivity contribution in [2.75, 3.05) is 13.3 Å². The number of hydrogen-bond acceptors (Lipinski definition) is 4. The minimum absolute atomic E-state index is 0.172. The molecule has 1 aliphatic heterocycles. The molecule has 5 heteroatoms. The van der Waals surface area contributed by atoms with Gasteiger partial charge in [0.2, 0.25) is 0 Å². The van der Waals surface area contributed by atoms with Gasteiger partial charge >= 0.3 is 5.63 Å². The third kappa shape index (κ3) is 3.08. The van der Waals surface area contributed by atoms with Crippen LogP contribution in [0.1, 0.15) is 16.7 Å². The molecule has 2 heterocycles. The second kappa shape index (κ2) is 7.01. The molecule has 0 radical (unpaired) electrons. The minimum Gasteiger partial charge on any atom is -0.477 e.